The van der Waals surface area contributed by atoms with E-state index < -0.39 is 5.91 Å². The molecule has 0 radical (unpaired) electrons. The molecule has 28 heavy (non-hydrogen) atoms. The minimum Gasteiger partial charge on any atom is -0.497 e. The Hall–Kier alpha value is -3.68. The molecule has 0 aliphatic rings. The quantitative estimate of drug-likeness (QED) is 0.428. The second-order valence-corrected chi connectivity index (χ2v) is 6.05. The summed E-state index contributed by atoms with van der Waals surface area (Å²) in [5.74, 6) is -0.198. The van der Waals surface area contributed by atoms with Crippen LogP contribution in [0.5, 0.6) is 11.6 Å². The van der Waals surface area contributed by atoms with E-state index in [-0.39, 0.29) is 23.9 Å². The number of amides is 2. The van der Waals surface area contributed by atoms with Gasteiger partial charge in [-0.1, -0.05) is 18.2 Å². The van der Waals surface area contributed by atoms with Crippen molar-refractivity contribution in [2.24, 2.45) is 10.2 Å². The fraction of sp³-hybridized carbons (Fsp3) is 0.200. The van der Waals surface area contributed by atoms with Gasteiger partial charge in [0.05, 0.1) is 12.6 Å². The SMILES string of the molecule is COc1ccc2[nH]c(O)c(N=NC(=O)CCCNC(=O)c3ccccc3)c2c1. The fourth-order valence-corrected chi connectivity index (χ4v) is 2.66. The van der Waals surface area contributed by atoms with E-state index in [1.165, 1.54) is 7.11 Å². The van der Waals surface area contributed by atoms with Crippen LogP contribution in [0.1, 0.15) is 23.2 Å². The third-order valence-electron chi connectivity index (χ3n) is 4.11. The Morgan fingerprint density at radius 2 is 1.96 bits per heavy atom. The summed E-state index contributed by atoms with van der Waals surface area (Å²) in [6, 6.07) is 14.0. The molecular weight excluding hydrogens is 360 g/mol. The zero-order valence-corrected chi connectivity index (χ0v) is 15.3. The zero-order valence-electron chi connectivity index (χ0n) is 15.3. The smallest absolute Gasteiger partial charge is 0.264 e. The molecule has 0 unspecified atom stereocenters. The molecule has 3 N–H and O–H groups in total. The number of aromatic hydroxyl groups is 1. The van der Waals surface area contributed by atoms with Crippen LogP contribution in [-0.4, -0.2) is 35.6 Å². The number of H-pyrrole nitrogens is 1. The zero-order chi connectivity index (χ0) is 19.9. The van der Waals surface area contributed by atoms with E-state index in [9.17, 15) is 14.7 Å². The van der Waals surface area contributed by atoms with Crippen LogP contribution in [0, 0.1) is 0 Å². The van der Waals surface area contributed by atoms with E-state index in [0.717, 1.165) is 0 Å². The second kappa shape index (κ2) is 8.81. The molecule has 0 bridgehead atoms. The van der Waals surface area contributed by atoms with Gasteiger partial charge in [-0.05, 0) is 36.8 Å². The van der Waals surface area contributed by atoms with Crippen molar-refractivity contribution >= 4 is 28.4 Å². The molecular formula is C20H20N4O4. The number of carbonyl (C=O) groups excluding carboxylic acids is 2. The Morgan fingerprint density at radius 1 is 1.18 bits per heavy atom. The molecule has 0 spiro atoms. The second-order valence-electron chi connectivity index (χ2n) is 6.05. The molecule has 1 heterocycles. The summed E-state index contributed by atoms with van der Waals surface area (Å²) in [6.07, 6.45) is 0.565. The van der Waals surface area contributed by atoms with Crippen molar-refractivity contribution in [3.8, 4) is 11.6 Å². The van der Waals surface area contributed by atoms with Gasteiger partial charge in [-0.3, -0.25) is 9.59 Å². The van der Waals surface area contributed by atoms with Gasteiger partial charge in [0.2, 0.25) is 5.88 Å². The number of nitrogens with one attached hydrogen (secondary N) is 2. The van der Waals surface area contributed by atoms with Crippen LogP contribution in [0.4, 0.5) is 5.69 Å². The molecule has 144 valence electrons. The Kier molecular flexibility index (Phi) is 6.01. The molecule has 0 fully saturated rings. The number of nitrogens with zero attached hydrogens (tertiary/aromatic N) is 2. The molecule has 0 aliphatic heterocycles. The number of fused-ring (bicyclic) bond motifs is 1. The van der Waals surface area contributed by atoms with Crippen LogP contribution in [0.15, 0.2) is 58.8 Å². The third-order valence-corrected chi connectivity index (χ3v) is 4.11. The Morgan fingerprint density at radius 3 is 2.71 bits per heavy atom. The highest BCUT2D eigenvalue weighted by Crippen LogP contribution is 2.37. The number of carbonyl (C=O) groups is 2. The van der Waals surface area contributed by atoms with Gasteiger partial charge in [0.1, 0.15) is 5.75 Å². The predicted octanol–water partition coefficient (Wildman–Crippen LogP) is 3.70. The van der Waals surface area contributed by atoms with Crippen molar-refractivity contribution < 1.29 is 19.4 Å². The molecule has 0 aliphatic carbocycles. The Bertz CT molecular complexity index is 1010. The lowest BCUT2D eigenvalue weighted by atomic mass is 10.2. The van der Waals surface area contributed by atoms with Crippen molar-refractivity contribution in [2.45, 2.75) is 12.8 Å². The minimum atomic E-state index is -0.439. The number of aromatic nitrogens is 1. The fourth-order valence-electron chi connectivity index (χ4n) is 2.66. The van der Waals surface area contributed by atoms with Gasteiger partial charge >= 0.3 is 0 Å². The van der Waals surface area contributed by atoms with Gasteiger partial charge in [0.15, 0.2) is 5.69 Å². The maximum atomic E-state index is 11.9. The van der Waals surface area contributed by atoms with Crippen molar-refractivity contribution in [2.75, 3.05) is 13.7 Å². The summed E-state index contributed by atoms with van der Waals surface area (Å²) in [7, 11) is 1.54. The van der Waals surface area contributed by atoms with Gasteiger partial charge in [-0.25, -0.2) is 0 Å². The molecule has 0 atom stereocenters. The molecule has 1 aromatic heterocycles. The topological polar surface area (TPSA) is 116 Å². The summed E-state index contributed by atoms with van der Waals surface area (Å²) < 4.78 is 5.16. The first-order valence-electron chi connectivity index (χ1n) is 8.75. The number of hydrogen-bond donors (Lipinski definition) is 3. The predicted molar refractivity (Wildman–Crippen MR) is 104 cm³/mol. The van der Waals surface area contributed by atoms with Crippen molar-refractivity contribution in [3.05, 3.63) is 54.1 Å². The van der Waals surface area contributed by atoms with Crippen molar-refractivity contribution in [1.82, 2.24) is 10.3 Å². The van der Waals surface area contributed by atoms with E-state index in [4.69, 9.17) is 4.74 Å². The maximum Gasteiger partial charge on any atom is 0.264 e. The van der Waals surface area contributed by atoms with Crippen LogP contribution in [0.3, 0.4) is 0 Å². The van der Waals surface area contributed by atoms with E-state index in [1.54, 1.807) is 42.5 Å². The summed E-state index contributed by atoms with van der Waals surface area (Å²) in [4.78, 5) is 26.6. The maximum absolute atomic E-state index is 11.9. The molecule has 8 heteroatoms. The largest absolute Gasteiger partial charge is 0.497 e. The average molecular weight is 380 g/mol. The number of azo groups is 1. The molecule has 2 aromatic carbocycles. The van der Waals surface area contributed by atoms with Gasteiger partial charge in [-0.15, -0.1) is 10.2 Å². The van der Waals surface area contributed by atoms with Crippen LogP contribution >= 0.6 is 0 Å². The third kappa shape index (κ3) is 4.53. The van der Waals surface area contributed by atoms with Gasteiger partial charge in [-0.2, -0.15) is 0 Å². The normalized spacial score (nSPS) is 11.0. The van der Waals surface area contributed by atoms with Crippen LogP contribution in [0.2, 0.25) is 0 Å². The first kappa shape index (κ1) is 19.1. The minimum absolute atomic E-state index is 0.130. The standard InChI is InChI=1S/C20H20N4O4/c1-28-14-9-10-16-15(12-14)18(20(27)22-16)24-23-17(25)8-5-11-21-19(26)13-6-3-2-4-7-13/h2-4,6-7,9-10,12,22,27H,5,8,11H2,1H3,(H,21,26). The van der Waals surface area contributed by atoms with Gasteiger partial charge in [0, 0.05) is 23.9 Å². The highest BCUT2D eigenvalue weighted by molar-refractivity contribution is 5.95. The summed E-state index contributed by atoms with van der Waals surface area (Å²) in [5.41, 5.74) is 1.40. The summed E-state index contributed by atoms with van der Waals surface area (Å²) in [5, 5.41) is 20.9. The van der Waals surface area contributed by atoms with E-state index in [1.807, 2.05) is 6.07 Å². The van der Waals surface area contributed by atoms with Crippen LogP contribution in [0.25, 0.3) is 10.9 Å². The summed E-state index contributed by atoms with van der Waals surface area (Å²) >= 11 is 0. The first-order valence-corrected chi connectivity index (χ1v) is 8.75. The highest BCUT2D eigenvalue weighted by atomic mass is 16.5. The van der Waals surface area contributed by atoms with E-state index in [0.29, 0.717) is 35.2 Å². The Labute approximate surface area is 161 Å². The van der Waals surface area contributed by atoms with E-state index in [2.05, 4.69) is 20.5 Å². The number of aromatic amines is 1. The lowest BCUT2D eigenvalue weighted by Crippen LogP contribution is -2.24. The monoisotopic (exact) mass is 380 g/mol. The van der Waals surface area contributed by atoms with E-state index >= 15 is 0 Å². The number of ether oxygens (including phenoxy) is 1. The molecule has 0 saturated heterocycles. The van der Waals surface area contributed by atoms with Crippen LogP contribution in [-0.2, 0) is 4.79 Å². The number of methoxy groups -OCH3 is 1. The van der Waals surface area contributed by atoms with Crippen molar-refractivity contribution in [1.29, 1.82) is 0 Å². The first-order chi connectivity index (χ1) is 13.6. The van der Waals surface area contributed by atoms with Gasteiger partial charge in [0.25, 0.3) is 11.8 Å². The average Bonchev–Trinajstić information content (AvgIpc) is 3.04. The molecule has 3 aromatic rings. The number of benzene rings is 2. The molecule has 3 rings (SSSR count). The molecule has 8 nitrogen and oxygen atoms in total. The lowest BCUT2D eigenvalue weighted by molar-refractivity contribution is -0.118. The Balaban J connectivity index is 1.53. The number of hydrogen-bond acceptors (Lipinski definition) is 5. The van der Waals surface area contributed by atoms with Gasteiger partial charge < -0.3 is 20.1 Å². The molecule has 0 saturated carbocycles. The molecule has 2 amide bonds. The number of rotatable bonds is 7. The lowest BCUT2D eigenvalue weighted by Gasteiger charge is -2.03. The van der Waals surface area contributed by atoms with Crippen LogP contribution < -0.4 is 10.1 Å². The van der Waals surface area contributed by atoms with Crippen molar-refractivity contribution in [3.63, 3.8) is 0 Å². The summed E-state index contributed by atoms with van der Waals surface area (Å²) in [6.45, 7) is 0.352. The highest BCUT2D eigenvalue weighted by Gasteiger charge is 2.12.